The highest BCUT2D eigenvalue weighted by atomic mass is 32.2. The standard InChI is InChI=1S/C17H26FN3OS/c1-13(12-23-3)17(22)19-11-14-10-15(18)4-5-16(14)21-8-6-20(2)7-9-21/h4-5,10,13H,6-9,11-12H2,1-3H3,(H,19,22). The number of hydrogen-bond acceptors (Lipinski definition) is 4. The van der Waals surface area contributed by atoms with Gasteiger partial charge in [-0.3, -0.25) is 4.79 Å². The van der Waals surface area contributed by atoms with Gasteiger partial charge in [-0.15, -0.1) is 0 Å². The largest absolute Gasteiger partial charge is 0.369 e. The normalized spacial score (nSPS) is 17.1. The van der Waals surface area contributed by atoms with Crippen LogP contribution in [-0.4, -0.2) is 56.0 Å². The molecule has 1 amide bonds. The Labute approximate surface area is 142 Å². The van der Waals surface area contributed by atoms with E-state index in [1.165, 1.54) is 12.1 Å². The second-order valence-corrected chi connectivity index (χ2v) is 7.05. The van der Waals surface area contributed by atoms with Crippen LogP contribution in [0.25, 0.3) is 0 Å². The molecule has 1 unspecified atom stereocenters. The van der Waals surface area contributed by atoms with E-state index in [4.69, 9.17) is 0 Å². The van der Waals surface area contributed by atoms with Gasteiger partial charge in [-0.1, -0.05) is 6.92 Å². The van der Waals surface area contributed by atoms with Gasteiger partial charge in [-0.05, 0) is 37.1 Å². The summed E-state index contributed by atoms with van der Waals surface area (Å²) in [4.78, 5) is 16.6. The monoisotopic (exact) mass is 339 g/mol. The van der Waals surface area contributed by atoms with Gasteiger partial charge < -0.3 is 15.1 Å². The molecular weight excluding hydrogens is 313 g/mol. The first-order chi connectivity index (χ1) is 11.0. The molecule has 1 heterocycles. The van der Waals surface area contributed by atoms with Crippen molar-refractivity contribution >= 4 is 23.4 Å². The van der Waals surface area contributed by atoms with Gasteiger partial charge in [0, 0.05) is 50.1 Å². The minimum Gasteiger partial charge on any atom is -0.369 e. The van der Waals surface area contributed by atoms with Crippen molar-refractivity contribution in [3.05, 3.63) is 29.6 Å². The number of halogens is 1. The van der Waals surface area contributed by atoms with Crippen LogP contribution < -0.4 is 10.2 Å². The second kappa shape index (κ2) is 8.55. The molecule has 0 aliphatic carbocycles. The number of anilines is 1. The first-order valence-electron chi connectivity index (χ1n) is 8.00. The van der Waals surface area contributed by atoms with Gasteiger partial charge in [0.2, 0.25) is 5.91 Å². The first-order valence-corrected chi connectivity index (χ1v) is 9.39. The van der Waals surface area contributed by atoms with Crippen molar-refractivity contribution in [3.63, 3.8) is 0 Å². The average molecular weight is 339 g/mol. The highest BCUT2D eigenvalue weighted by Gasteiger charge is 2.18. The Morgan fingerprint density at radius 1 is 1.35 bits per heavy atom. The number of rotatable bonds is 6. The molecule has 0 bridgehead atoms. The zero-order valence-corrected chi connectivity index (χ0v) is 15.0. The van der Waals surface area contributed by atoms with E-state index < -0.39 is 0 Å². The van der Waals surface area contributed by atoms with E-state index in [-0.39, 0.29) is 17.6 Å². The number of nitrogens with one attached hydrogen (secondary N) is 1. The fourth-order valence-corrected chi connectivity index (χ4v) is 3.39. The third-order valence-corrected chi connectivity index (χ3v) is 5.04. The lowest BCUT2D eigenvalue weighted by Gasteiger charge is -2.35. The summed E-state index contributed by atoms with van der Waals surface area (Å²) >= 11 is 1.65. The molecule has 1 aromatic carbocycles. The van der Waals surface area contributed by atoms with Crippen LogP contribution in [0.1, 0.15) is 12.5 Å². The summed E-state index contributed by atoms with van der Waals surface area (Å²) in [5.41, 5.74) is 1.87. The zero-order valence-electron chi connectivity index (χ0n) is 14.1. The maximum atomic E-state index is 13.6. The molecule has 1 aromatic rings. The van der Waals surface area contributed by atoms with Gasteiger partial charge in [-0.25, -0.2) is 4.39 Å². The topological polar surface area (TPSA) is 35.6 Å². The third-order valence-electron chi connectivity index (χ3n) is 4.20. The molecule has 4 nitrogen and oxygen atoms in total. The van der Waals surface area contributed by atoms with Crippen molar-refractivity contribution < 1.29 is 9.18 Å². The highest BCUT2D eigenvalue weighted by Crippen LogP contribution is 2.23. The summed E-state index contributed by atoms with van der Waals surface area (Å²) < 4.78 is 13.6. The van der Waals surface area contributed by atoms with Crippen LogP contribution in [0.5, 0.6) is 0 Å². The van der Waals surface area contributed by atoms with Crippen molar-refractivity contribution in [2.45, 2.75) is 13.5 Å². The summed E-state index contributed by atoms with van der Waals surface area (Å²) in [7, 11) is 2.11. The molecule has 0 spiro atoms. The van der Waals surface area contributed by atoms with Crippen molar-refractivity contribution in [2.24, 2.45) is 5.92 Å². The highest BCUT2D eigenvalue weighted by molar-refractivity contribution is 7.98. The Morgan fingerprint density at radius 3 is 2.70 bits per heavy atom. The van der Waals surface area contributed by atoms with Crippen LogP contribution in [0.3, 0.4) is 0 Å². The number of benzene rings is 1. The molecule has 2 rings (SSSR count). The minimum absolute atomic E-state index is 0.0212. The van der Waals surface area contributed by atoms with Gasteiger partial charge in [0.15, 0.2) is 0 Å². The molecule has 23 heavy (non-hydrogen) atoms. The number of thioether (sulfide) groups is 1. The fraction of sp³-hybridized carbons (Fsp3) is 0.588. The summed E-state index contributed by atoms with van der Waals surface area (Å²) in [6.07, 6.45) is 1.99. The molecule has 6 heteroatoms. The van der Waals surface area contributed by atoms with Crippen molar-refractivity contribution in [2.75, 3.05) is 50.1 Å². The van der Waals surface area contributed by atoms with Gasteiger partial charge in [0.25, 0.3) is 0 Å². The van der Waals surface area contributed by atoms with Gasteiger partial charge in [-0.2, -0.15) is 11.8 Å². The molecule has 1 fully saturated rings. The SMILES string of the molecule is CSCC(C)C(=O)NCc1cc(F)ccc1N1CCN(C)CC1. The van der Waals surface area contributed by atoms with Crippen LogP contribution in [0.4, 0.5) is 10.1 Å². The predicted molar refractivity (Wildman–Crippen MR) is 95.5 cm³/mol. The predicted octanol–water partition coefficient (Wildman–Crippen LogP) is 2.19. The van der Waals surface area contributed by atoms with Crippen molar-refractivity contribution in [1.82, 2.24) is 10.2 Å². The van der Waals surface area contributed by atoms with Crippen molar-refractivity contribution in [1.29, 1.82) is 0 Å². The number of likely N-dealkylation sites (N-methyl/N-ethyl adjacent to an activating group) is 1. The van der Waals surface area contributed by atoms with Gasteiger partial charge in [0.05, 0.1) is 0 Å². The lowest BCUT2D eigenvalue weighted by atomic mass is 10.1. The molecular formula is C17H26FN3OS. The lowest BCUT2D eigenvalue weighted by molar-refractivity contribution is -0.124. The molecule has 1 N–H and O–H groups in total. The van der Waals surface area contributed by atoms with Crippen molar-refractivity contribution in [3.8, 4) is 0 Å². The summed E-state index contributed by atoms with van der Waals surface area (Å²) in [6.45, 7) is 6.12. The molecule has 1 aliphatic heterocycles. The number of carbonyl (C=O) groups excluding carboxylic acids is 1. The van der Waals surface area contributed by atoms with E-state index in [1.807, 2.05) is 19.2 Å². The maximum absolute atomic E-state index is 13.6. The quantitative estimate of drug-likeness (QED) is 0.862. The van der Waals surface area contributed by atoms with E-state index in [1.54, 1.807) is 11.8 Å². The number of piperazine rings is 1. The van der Waals surface area contributed by atoms with Gasteiger partial charge in [0.1, 0.15) is 5.82 Å². The molecule has 1 aliphatic rings. The van der Waals surface area contributed by atoms with Crippen LogP contribution in [0.2, 0.25) is 0 Å². The fourth-order valence-electron chi connectivity index (χ4n) is 2.73. The minimum atomic E-state index is -0.260. The Morgan fingerprint density at radius 2 is 2.04 bits per heavy atom. The van der Waals surface area contributed by atoms with Crippen LogP contribution in [-0.2, 0) is 11.3 Å². The molecule has 0 aromatic heterocycles. The molecule has 1 saturated heterocycles. The Bertz CT molecular complexity index is 533. The summed E-state index contributed by atoms with van der Waals surface area (Å²) in [5, 5.41) is 2.94. The van der Waals surface area contributed by atoms with E-state index in [9.17, 15) is 9.18 Å². The summed E-state index contributed by atoms with van der Waals surface area (Å²) in [5.74, 6) is 0.517. The number of hydrogen-bond donors (Lipinski definition) is 1. The van der Waals surface area contributed by atoms with Crippen LogP contribution in [0.15, 0.2) is 18.2 Å². The molecule has 0 saturated carbocycles. The van der Waals surface area contributed by atoms with E-state index in [0.29, 0.717) is 6.54 Å². The Hall–Kier alpha value is -1.27. The number of carbonyl (C=O) groups is 1. The maximum Gasteiger partial charge on any atom is 0.223 e. The molecule has 1 atom stereocenters. The lowest BCUT2D eigenvalue weighted by Crippen LogP contribution is -2.45. The van der Waals surface area contributed by atoms with Crippen LogP contribution in [0, 0.1) is 11.7 Å². The van der Waals surface area contributed by atoms with E-state index in [2.05, 4.69) is 22.2 Å². The molecule has 0 radical (unpaired) electrons. The number of nitrogens with zero attached hydrogens (tertiary/aromatic N) is 2. The Kier molecular flexibility index (Phi) is 6.72. The van der Waals surface area contributed by atoms with Gasteiger partial charge >= 0.3 is 0 Å². The zero-order chi connectivity index (χ0) is 16.8. The Balaban J connectivity index is 2.05. The van der Waals surface area contributed by atoms with Crippen LogP contribution >= 0.6 is 11.8 Å². The average Bonchev–Trinajstić information content (AvgIpc) is 2.54. The second-order valence-electron chi connectivity index (χ2n) is 6.14. The van der Waals surface area contributed by atoms with E-state index >= 15 is 0 Å². The smallest absolute Gasteiger partial charge is 0.223 e. The molecule has 128 valence electrons. The van der Waals surface area contributed by atoms with E-state index in [0.717, 1.165) is 43.2 Å². The third kappa shape index (κ3) is 5.11. The first kappa shape index (κ1) is 18.1. The number of amides is 1. The summed E-state index contributed by atoms with van der Waals surface area (Å²) in [6, 6.07) is 4.86.